The minimum atomic E-state index is -0.951. The number of ether oxygens (including phenoxy) is 1. The van der Waals surface area contributed by atoms with Gasteiger partial charge < -0.3 is 15.0 Å². The number of anilines is 1. The van der Waals surface area contributed by atoms with Gasteiger partial charge in [-0.05, 0) is 25.0 Å². The van der Waals surface area contributed by atoms with Crippen molar-refractivity contribution in [2.45, 2.75) is 25.9 Å². The van der Waals surface area contributed by atoms with Crippen LogP contribution >= 0.6 is 0 Å². The van der Waals surface area contributed by atoms with Gasteiger partial charge in [-0.15, -0.1) is 0 Å². The van der Waals surface area contributed by atoms with Crippen LogP contribution < -0.4 is 10.6 Å². The van der Waals surface area contributed by atoms with Gasteiger partial charge in [0.15, 0.2) is 0 Å². The van der Waals surface area contributed by atoms with Crippen LogP contribution in [0.3, 0.4) is 0 Å². The third-order valence-corrected chi connectivity index (χ3v) is 4.48. The number of nitrogens with one attached hydrogen (secondary N) is 2. The van der Waals surface area contributed by atoms with Gasteiger partial charge in [-0.3, -0.25) is 19.7 Å². The van der Waals surface area contributed by atoms with Gasteiger partial charge in [0.1, 0.15) is 0 Å². The van der Waals surface area contributed by atoms with Crippen LogP contribution in [0.5, 0.6) is 0 Å². The molecule has 1 unspecified atom stereocenters. The van der Waals surface area contributed by atoms with Crippen molar-refractivity contribution in [3.8, 4) is 0 Å². The van der Waals surface area contributed by atoms with E-state index in [-0.39, 0.29) is 17.7 Å². The third kappa shape index (κ3) is 3.78. The van der Waals surface area contributed by atoms with E-state index in [0.717, 1.165) is 0 Å². The van der Waals surface area contributed by atoms with Crippen molar-refractivity contribution in [2.75, 3.05) is 18.4 Å². The molecule has 2 aliphatic heterocycles. The molecule has 0 spiro atoms. The summed E-state index contributed by atoms with van der Waals surface area (Å²) < 4.78 is 4.89. The summed E-state index contributed by atoms with van der Waals surface area (Å²) in [5.74, 6) is -0.678. The zero-order chi connectivity index (χ0) is 18.0. The van der Waals surface area contributed by atoms with Crippen molar-refractivity contribution in [3.05, 3.63) is 29.8 Å². The molecule has 25 heavy (non-hydrogen) atoms. The second-order valence-electron chi connectivity index (χ2n) is 6.17. The number of likely N-dealkylation sites (tertiary alicyclic amines) is 1. The van der Waals surface area contributed by atoms with E-state index in [2.05, 4.69) is 10.6 Å². The second kappa shape index (κ2) is 6.92. The molecule has 132 valence electrons. The molecule has 0 aromatic heterocycles. The standard InChI is InChI=1S/C17H19N3O5/c1-10(21)20-8-6-12(7-9-20)15(22)18-13-4-2-11(3-5-13)14-16(23)19-17(24)25-14/h2-5,12,14H,6-9H2,1H3,(H,18,22)(H,19,23,24). The maximum absolute atomic E-state index is 12.3. The lowest BCUT2D eigenvalue weighted by molar-refractivity contribution is -0.132. The molecule has 2 heterocycles. The van der Waals surface area contributed by atoms with E-state index in [9.17, 15) is 19.2 Å². The van der Waals surface area contributed by atoms with Crippen LogP contribution in [0.25, 0.3) is 0 Å². The average Bonchev–Trinajstić information content (AvgIpc) is 2.94. The number of nitrogens with zero attached hydrogens (tertiary/aromatic N) is 1. The highest BCUT2D eigenvalue weighted by Gasteiger charge is 2.33. The Kier molecular flexibility index (Phi) is 4.69. The Hall–Kier alpha value is -2.90. The Bertz CT molecular complexity index is 707. The molecule has 1 aromatic rings. The van der Waals surface area contributed by atoms with Crippen LogP contribution in [0.4, 0.5) is 10.5 Å². The lowest BCUT2D eigenvalue weighted by Gasteiger charge is -2.30. The van der Waals surface area contributed by atoms with Crippen LogP contribution in [0.2, 0.25) is 0 Å². The van der Waals surface area contributed by atoms with E-state index >= 15 is 0 Å². The number of rotatable bonds is 3. The number of cyclic esters (lactones) is 1. The van der Waals surface area contributed by atoms with Gasteiger partial charge in [0.25, 0.3) is 5.91 Å². The lowest BCUT2D eigenvalue weighted by Crippen LogP contribution is -2.40. The zero-order valence-corrected chi connectivity index (χ0v) is 13.8. The van der Waals surface area contributed by atoms with Crippen molar-refractivity contribution < 1.29 is 23.9 Å². The minimum Gasteiger partial charge on any atom is -0.431 e. The first-order valence-electron chi connectivity index (χ1n) is 8.12. The molecule has 1 aromatic carbocycles. The summed E-state index contributed by atoms with van der Waals surface area (Å²) in [7, 11) is 0. The molecular formula is C17H19N3O5. The predicted octanol–water partition coefficient (Wildman–Crippen LogP) is 1.19. The van der Waals surface area contributed by atoms with Crippen molar-refractivity contribution in [3.63, 3.8) is 0 Å². The van der Waals surface area contributed by atoms with Gasteiger partial charge in [0.2, 0.25) is 17.9 Å². The van der Waals surface area contributed by atoms with Crippen molar-refractivity contribution >= 4 is 29.5 Å². The lowest BCUT2D eigenvalue weighted by atomic mass is 9.95. The van der Waals surface area contributed by atoms with Gasteiger partial charge in [-0.1, -0.05) is 12.1 Å². The van der Waals surface area contributed by atoms with Crippen molar-refractivity contribution in [1.82, 2.24) is 10.2 Å². The zero-order valence-electron chi connectivity index (χ0n) is 13.8. The fraction of sp³-hybridized carbons (Fsp3) is 0.412. The molecule has 0 bridgehead atoms. The van der Waals surface area contributed by atoms with Crippen LogP contribution in [-0.2, 0) is 19.1 Å². The van der Waals surface area contributed by atoms with Gasteiger partial charge in [-0.25, -0.2) is 4.79 Å². The largest absolute Gasteiger partial charge is 0.431 e. The number of imide groups is 1. The van der Waals surface area contributed by atoms with Crippen molar-refractivity contribution in [1.29, 1.82) is 0 Å². The maximum atomic E-state index is 12.3. The Morgan fingerprint density at radius 3 is 2.32 bits per heavy atom. The number of benzene rings is 1. The fourth-order valence-corrected chi connectivity index (χ4v) is 3.02. The highest BCUT2D eigenvalue weighted by molar-refractivity contribution is 6.00. The smallest absolute Gasteiger partial charge is 0.415 e. The number of hydrogen-bond acceptors (Lipinski definition) is 5. The fourth-order valence-electron chi connectivity index (χ4n) is 3.02. The van der Waals surface area contributed by atoms with Crippen molar-refractivity contribution in [2.24, 2.45) is 5.92 Å². The van der Waals surface area contributed by atoms with E-state index in [1.165, 1.54) is 6.92 Å². The van der Waals surface area contributed by atoms with E-state index in [0.29, 0.717) is 37.2 Å². The summed E-state index contributed by atoms with van der Waals surface area (Å²) in [6.45, 7) is 2.72. The minimum absolute atomic E-state index is 0.0334. The highest BCUT2D eigenvalue weighted by atomic mass is 16.6. The Morgan fingerprint density at radius 2 is 1.80 bits per heavy atom. The number of amides is 4. The number of piperidine rings is 1. The third-order valence-electron chi connectivity index (χ3n) is 4.48. The normalized spacial score (nSPS) is 20.8. The molecule has 2 fully saturated rings. The molecule has 2 aliphatic rings. The average molecular weight is 345 g/mol. The van der Waals surface area contributed by atoms with Crippen LogP contribution in [0.15, 0.2) is 24.3 Å². The Balaban J connectivity index is 1.57. The first-order chi connectivity index (χ1) is 11.9. The molecular weight excluding hydrogens is 326 g/mol. The summed E-state index contributed by atoms with van der Waals surface area (Å²) in [5.41, 5.74) is 1.14. The first kappa shape index (κ1) is 16.9. The molecule has 8 heteroatoms. The van der Waals surface area contributed by atoms with Gasteiger partial charge in [0, 0.05) is 37.2 Å². The first-order valence-corrected chi connectivity index (χ1v) is 8.12. The quantitative estimate of drug-likeness (QED) is 0.856. The van der Waals surface area contributed by atoms with E-state index < -0.39 is 18.1 Å². The Morgan fingerprint density at radius 1 is 1.16 bits per heavy atom. The van der Waals surface area contributed by atoms with E-state index in [1.54, 1.807) is 29.2 Å². The summed E-state index contributed by atoms with van der Waals surface area (Å²) in [6.07, 6.45) is -0.430. The highest BCUT2D eigenvalue weighted by Crippen LogP contribution is 2.24. The number of carbonyl (C=O) groups excluding carboxylic acids is 4. The van der Waals surface area contributed by atoms with Gasteiger partial charge in [0.05, 0.1) is 0 Å². The number of alkyl carbamates (subject to hydrolysis) is 1. The predicted molar refractivity (Wildman–Crippen MR) is 87.4 cm³/mol. The summed E-state index contributed by atoms with van der Waals surface area (Å²) in [6, 6.07) is 6.60. The van der Waals surface area contributed by atoms with Gasteiger partial charge >= 0.3 is 6.09 Å². The molecule has 3 rings (SSSR count). The number of hydrogen-bond donors (Lipinski definition) is 2. The maximum Gasteiger partial charge on any atom is 0.415 e. The second-order valence-corrected chi connectivity index (χ2v) is 6.17. The topological polar surface area (TPSA) is 105 Å². The molecule has 1 atom stereocenters. The molecule has 8 nitrogen and oxygen atoms in total. The molecule has 0 aliphatic carbocycles. The van der Waals surface area contributed by atoms with E-state index in [4.69, 9.17) is 4.74 Å². The number of carbonyl (C=O) groups is 4. The SMILES string of the molecule is CC(=O)N1CCC(C(=O)Nc2ccc(C3OC(=O)NC3=O)cc2)CC1. The summed E-state index contributed by atoms with van der Waals surface area (Å²) >= 11 is 0. The molecule has 2 N–H and O–H groups in total. The van der Waals surface area contributed by atoms with Gasteiger partial charge in [-0.2, -0.15) is 0 Å². The summed E-state index contributed by atoms with van der Waals surface area (Å²) in [5, 5.41) is 4.91. The monoisotopic (exact) mass is 345 g/mol. The summed E-state index contributed by atoms with van der Waals surface area (Å²) in [4.78, 5) is 48.0. The van der Waals surface area contributed by atoms with Crippen LogP contribution in [0.1, 0.15) is 31.4 Å². The molecule has 0 radical (unpaired) electrons. The molecule has 4 amide bonds. The Labute approximate surface area is 144 Å². The molecule has 0 saturated carbocycles. The van der Waals surface area contributed by atoms with Crippen LogP contribution in [0, 0.1) is 5.92 Å². The van der Waals surface area contributed by atoms with E-state index in [1.807, 2.05) is 0 Å². The van der Waals surface area contributed by atoms with Crippen LogP contribution in [-0.4, -0.2) is 41.8 Å². The molecule has 2 saturated heterocycles.